The van der Waals surface area contributed by atoms with Crippen LogP contribution in [0.15, 0.2) is 35.2 Å². The molecule has 1 unspecified atom stereocenters. The van der Waals surface area contributed by atoms with Gasteiger partial charge in [-0.3, -0.25) is 4.79 Å². The second-order valence-corrected chi connectivity index (χ2v) is 5.89. The number of hydrogen-bond acceptors (Lipinski definition) is 4. The van der Waals surface area contributed by atoms with Gasteiger partial charge in [0.15, 0.2) is 0 Å². The fourth-order valence-corrected chi connectivity index (χ4v) is 2.65. The maximum Gasteiger partial charge on any atom is 0.224 e. The lowest BCUT2D eigenvalue weighted by Crippen LogP contribution is -2.29. The first-order valence-corrected chi connectivity index (χ1v) is 7.60. The van der Waals surface area contributed by atoms with Gasteiger partial charge in [-0.2, -0.15) is 0 Å². The van der Waals surface area contributed by atoms with Crippen LogP contribution in [-0.4, -0.2) is 34.9 Å². The Balaban J connectivity index is 1.97. The van der Waals surface area contributed by atoms with Gasteiger partial charge in [-0.1, -0.05) is 6.07 Å². The summed E-state index contributed by atoms with van der Waals surface area (Å²) in [5, 5.41) is 0. The number of rotatable bonds is 6. The lowest BCUT2D eigenvalue weighted by atomic mass is 10.0. The number of ether oxygens (including phenoxy) is 1. The highest BCUT2D eigenvalue weighted by Crippen LogP contribution is 2.28. The molecule has 1 amide bonds. The van der Waals surface area contributed by atoms with E-state index in [1.807, 2.05) is 18.2 Å². The van der Waals surface area contributed by atoms with Crippen molar-refractivity contribution in [3.63, 3.8) is 0 Å². The van der Waals surface area contributed by atoms with Crippen LogP contribution in [-0.2, 0) is 11.3 Å². The third-order valence-electron chi connectivity index (χ3n) is 3.39. The number of nitrogens with zero attached hydrogens (tertiary/aromatic N) is 2. The Morgan fingerprint density at radius 3 is 2.91 bits per heavy atom. The number of nitrogens with one attached hydrogen (secondary N) is 1. The molecule has 7 heteroatoms. The van der Waals surface area contributed by atoms with Crippen LogP contribution in [0.4, 0.5) is 0 Å². The number of imidazole rings is 1. The van der Waals surface area contributed by atoms with Gasteiger partial charge in [-0.25, -0.2) is 4.98 Å². The zero-order chi connectivity index (χ0) is 16.1. The second-order valence-electron chi connectivity index (χ2n) is 5.03. The Kier molecular flexibility index (Phi) is 5.57. The standard InChI is InChI=1S/C15H19BrN4O2/c1-20(8-11-7-18-9-19-11)15(21)6-13(17)10-3-4-14(22-2)12(16)5-10/h3-5,7,9,13H,6,8,17H2,1-2H3,(H,18,19). The fourth-order valence-electron chi connectivity index (χ4n) is 2.09. The van der Waals surface area contributed by atoms with Crippen molar-refractivity contribution in [1.82, 2.24) is 14.9 Å². The lowest BCUT2D eigenvalue weighted by Gasteiger charge is -2.19. The van der Waals surface area contributed by atoms with E-state index in [-0.39, 0.29) is 18.4 Å². The van der Waals surface area contributed by atoms with Gasteiger partial charge in [0, 0.05) is 25.7 Å². The molecule has 118 valence electrons. The minimum atomic E-state index is -0.362. The average Bonchev–Trinajstić information content (AvgIpc) is 2.99. The van der Waals surface area contributed by atoms with Gasteiger partial charge in [-0.15, -0.1) is 0 Å². The summed E-state index contributed by atoms with van der Waals surface area (Å²) in [6, 6.07) is 5.22. The number of H-pyrrole nitrogens is 1. The number of carbonyl (C=O) groups is 1. The molecule has 1 aromatic heterocycles. The summed E-state index contributed by atoms with van der Waals surface area (Å²) in [5.41, 5.74) is 7.91. The molecule has 0 aliphatic heterocycles. The Labute approximate surface area is 137 Å². The van der Waals surface area contributed by atoms with E-state index in [0.29, 0.717) is 6.54 Å². The third kappa shape index (κ3) is 4.08. The minimum absolute atomic E-state index is 0.0194. The number of methoxy groups -OCH3 is 1. The predicted octanol–water partition coefficient (Wildman–Crippen LogP) is 2.23. The molecule has 2 rings (SSSR count). The fraction of sp³-hybridized carbons (Fsp3) is 0.333. The first-order valence-electron chi connectivity index (χ1n) is 6.81. The number of aromatic nitrogens is 2. The first kappa shape index (κ1) is 16.5. The summed E-state index contributed by atoms with van der Waals surface area (Å²) >= 11 is 3.42. The molecular formula is C15H19BrN4O2. The van der Waals surface area contributed by atoms with Crippen molar-refractivity contribution in [1.29, 1.82) is 0 Å². The van der Waals surface area contributed by atoms with Crippen molar-refractivity contribution in [2.45, 2.75) is 19.0 Å². The Bertz CT molecular complexity index is 630. The summed E-state index contributed by atoms with van der Waals surface area (Å²) in [4.78, 5) is 20.8. The predicted molar refractivity (Wildman–Crippen MR) is 87.3 cm³/mol. The molecule has 0 aliphatic carbocycles. The summed E-state index contributed by atoms with van der Waals surface area (Å²) in [6.07, 6.45) is 3.53. The van der Waals surface area contributed by atoms with Gasteiger partial charge in [0.05, 0.1) is 30.1 Å². The molecular weight excluding hydrogens is 348 g/mol. The van der Waals surface area contributed by atoms with Crippen LogP contribution in [0.5, 0.6) is 5.75 Å². The molecule has 22 heavy (non-hydrogen) atoms. The van der Waals surface area contributed by atoms with Gasteiger partial charge in [0.2, 0.25) is 5.91 Å². The normalized spacial score (nSPS) is 12.0. The number of benzene rings is 1. The molecule has 3 N–H and O–H groups in total. The monoisotopic (exact) mass is 366 g/mol. The van der Waals surface area contributed by atoms with Crippen LogP contribution >= 0.6 is 15.9 Å². The summed E-state index contributed by atoms with van der Waals surface area (Å²) < 4.78 is 6.01. The molecule has 0 saturated carbocycles. The van der Waals surface area contributed by atoms with Crippen LogP contribution in [0.3, 0.4) is 0 Å². The lowest BCUT2D eigenvalue weighted by molar-refractivity contribution is -0.130. The smallest absolute Gasteiger partial charge is 0.224 e. The molecule has 0 radical (unpaired) electrons. The highest BCUT2D eigenvalue weighted by molar-refractivity contribution is 9.10. The van der Waals surface area contributed by atoms with E-state index in [1.54, 1.807) is 31.6 Å². The molecule has 0 fully saturated rings. The largest absolute Gasteiger partial charge is 0.496 e. The summed E-state index contributed by atoms with van der Waals surface area (Å²) in [6.45, 7) is 0.484. The molecule has 2 aromatic rings. The van der Waals surface area contributed by atoms with Crippen LogP contribution in [0, 0.1) is 0 Å². The average molecular weight is 367 g/mol. The van der Waals surface area contributed by atoms with E-state index >= 15 is 0 Å². The Morgan fingerprint density at radius 2 is 2.32 bits per heavy atom. The van der Waals surface area contributed by atoms with Crippen LogP contribution in [0.1, 0.15) is 23.7 Å². The molecule has 1 atom stereocenters. The molecule has 0 aliphatic rings. The van der Waals surface area contributed by atoms with E-state index in [1.165, 1.54) is 0 Å². The van der Waals surface area contributed by atoms with Crippen molar-refractivity contribution < 1.29 is 9.53 Å². The number of carbonyl (C=O) groups excluding carboxylic acids is 1. The number of amides is 1. The minimum Gasteiger partial charge on any atom is -0.496 e. The molecule has 0 spiro atoms. The third-order valence-corrected chi connectivity index (χ3v) is 4.01. The van der Waals surface area contributed by atoms with E-state index in [0.717, 1.165) is 21.5 Å². The van der Waals surface area contributed by atoms with Gasteiger partial charge >= 0.3 is 0 Å². The quantitative estimate of drug-likeness (QED) is 0.820. The van der Waals surface area contributed by atoms with Gasteiger partial charge in [0.1, 0.15) is 5.75 Å². The molecule has 0 bridgehead atoms. The van der Waals surface area contributed by atoms with Crippen molar-refractivity contribution >= 4 is 21.8 Å². The zero-order valence-corrected chi connectivity index (χ0v) is 14.1. The highest BCUT2D eigenvalue weighted by atomic mass is 79.9. The maximum atomic E-state index is 12.2. The number of halogens is 1. The molecule has 1 aromatic carbocycles. The van der Waals surface area contributed by atoms with E-state index in [2.05, 4.69) is 25.9 Å². The number of aromatic amines is 1. The van der Waals surface area contributed by atoms with Crippen LogP contribution in [0.2, 0.25) is 0 Å². The highest BCUT2D eigenvalue weighted by Gasteiger charge is 2.17. The van der Waals surface area contributed by atoms with Crippen molar-refractivity contribution in [3.05, 3.63) is 46.5 Å². The van der Waals surface area contributed by atoms with Crippen LogP contribution in [0.25, 0.3) is 0 Å². The van der Waals surface area contributed by atoms with Crippen molar-refractivity contribution in [3.8, 4) is 5.75 Å². The maximum absolute atomic E-state index is 12.2. The van der Waals surface area contributed by atoms with E-state index in [9.17, 15) is 4.79 Å². The Hall–Kier alpha value is -1.86. The zero-order valence-electron chi connectivity index (χ0n) is 12.5. The van der Waals surface area contributed by atoms with Gasteiger partial charge in [0.25, 0.3) is 0 Å². The molecule has 6 nitrogen and oxygen atoms in total. The topological polar surface area (TPSA) is 84.2 Å². The van der Waals surface area contributed by atoms with Crippen molar-refractivity contribution in [2.24, 2.45) is 5.73 Å². The first-order chi connectivity index (χ1) is 10.5. The van der Waals surface area contributed by atoms with Crippen LogP contribution < -0.4 is 10.5 Å². The van der Waals surface area contributed by atoms with Gasteiger partial charge < -0.3 is 20.4 Å². The van der Waals surface area contributed by atoms with Gasteiger partial charge in [-0.05, 0) is 33.6 Å². The van der Waals surface area contributed by atoms with Crippen molar-refractivity contribution in [2.75, 3.05) is 14.2 Å². The molecule has 1 heterocycles. The SMILES string of the molecule is COc1ccc(C(N)CC(=O)N(C)Cc2cnc[nH]2)cc1Br. The van der Waals surface area contributed by atoms with E-state index < -0.39 is 0 Å². The van der Waals surface area contributed by atoms with E-state index in [4.69, 9.17) is 10.5 Å². The number of hydrogen-bond donors (Lipinski definition) is 2. The summed E-state index contributed by atoms with van der Waals surface area (Å²) in [5.74, 6) is 0.715. The number of nitrogens with two attached hydrogens (primary N) is 1. The summed E-state index contributed by atoms with van der Waals surface area (Å²) in [7, 11) is 3.35. The second kappa shape index (κ2) is 7.42. The Morgan fingerprint density at radius 1 is 1.55 bits per heavy atom. The molecule has 0 saturated heterocycles.